The maximum Gasteiger partial charge on any atom is 0.315 e. The Balaban J connectivity index is 1.62. The van der Waals surface area contributed by atoms with Gasteiger partial charge in [0, 0.05) is 17.5 Å². The summed E-state index contributed by atoms with van der Waals surface area (Å²) in [5, 5.41) is 17.1. The summed E-state index contributed by atoms with van der Waals surface area (Å²) in [5.41, 5.74) is 1.16. The monoisotopic (exact) mass is 318 g/mol. The van der Waals surface area contributed by atoms with Crippen molar-refractivity contribution in [3.8, 4) is 5.75 Å². The number of rotatable bonds is 7. The van der Waals surface area contributed by atoms with Gasteiger partial charge in [0.2, 0.25) is 0 Å². The highest BCUT2D eigenvalue weighted by Crippen LogP contribution is 2.12. The molecular formula is C17H22N2O2S. The van der Waals surface area contributed by atoms with Crippen LogP contribution in [0.1, 0.15) is 23.8 Å². The van der Waals surface area contributed by atoms with Crippen LogP contribution in [0.4, 0.5) is 4.79 Å². The van der Waals surface area contributed by atoms with Gasteiger partial charge in [-0.05, 0) is 55.3 Å². The molecule has 0 saturated carbocycles. The molecule has 5 heteroatoms. The Kier molecular flexibility index (Phi) is 6.27. The second kappa shape index (κ2) is 8.44. The standard InChI is InChI=1S/C17H22N2O2S/c1-13(4-5-14-6-8-15(20)9-7-14)19-17(21)18-11-10-16-3-2-12-22-16/h2-3,6-9,12-13,20H,4-5,10-11H2,1H3,(H2,18,19,21). The number of urea groups is 1. The number of carbonyl (C=O) groups is 1. The average molecular weight is 318 g/mol. The molecule has 0 radical (unpaired) electrons. The topological polar surface area (TPSA) is 61.4 Å². The third-order valence-electron chi connectivity index (χ3n) is 3.42. The Bertz CT molecular complexity index is 567. The summed E-state index contributed by atoms with van der Waals surface area (Å²) in [7, 11) is 0. The first kappa shape index (κ1) is 16.4. The van der Waals surface area contributed by atoms with Crippen LogP contribution < -0.4 is 10.6 Å². The minimum Gasteiger partial charge on any atom is -0.508 e. The third kappa shape index (κ3) is 5.77. The normalized spacial score (nSPS) is 11.9. The Morgan fingerprint density at radius 2 is 2.00 bits per heavy atom. The number of thiophene rings is 1. The molecule has 0 saturated heterocycles. The van der Waals surface area contributed by atoms with E-state index in [0.29, 0.717) is 6.54 Å². The minimum atomic E-state index is -0.116. The quantitative estimate of drug-likeness (QED) is 0.733. The van der Waals surface area contributed by atoms with E-state index >= 15 is 0 Å². The first-order chi connectivity index (χ1) is 10.6. The number of aromatic hydroxyl groups is 1. The number of hydrogen-bond acceptors (Lipinski definition) is 3. The van der Waals surface area contributed by atoms with Gasteiger partial charge in [0.1, 0.15) is 5.75 Å². The fraction of sp³-hybridized carbons (Fsp3) is 0.353. The Labute approximate surface area is 135 Å². The molecule has 2 aromatic rings. The van der Waals surface area contributed by atoms with Gasteiger partial charge < -0.3 is 15.7 Å². The number of carbonyl (C=O) groups excluding carboxylic acids is 1. The Morgan fingerprint density at radius 1 is 1.23 bits per heavy atom. The summed E-state index contributed by atoms with van der Waals surface area (Å²) in [4.78, 5) is 13.1. The fourth-order valence-electron chi connectivity index (χ4n) is 2.15. The lowest BCUT2D eigenvalue weighted by molar-refractivity contribution is 0.237. The molecule has 1 unspecified atom stereocenters. The molecule has 1 aromatic carbocycles. The number of aryl methyl sites for hydroxylation is 1. The largest absolute Gasteiger partial charge is 0.508 e. The number of hydrogen-bond donors (Lipinski definition) is 3. The van der Waals surface area contributed by atoms with Crippen molar-refractivity contribution in [3.05, 3.63) is 52.2 Å². The number of amides is 2. The molecule has 118 valence electrons. The number of phenolic OH excluding ortho intramolecular Hbond substituents is 1. The molecule has 1 atom stereocenters. The van der Waals surface area contributed by atoms with Crippen molar-refractivity contribution in [2.75, 3.05) is 6.54 Å². The van der Waals surface area contributed by atoms with Crippen molar-refractivity contribution in [2.24, 2.45) is 0 Å². The summed E-state index contributed by atoms with van der Waals surface area (Å²) in [6.45, 7) is 2.65. The molecule has 0 aliphatic heterocycles. The molecule has 1 aromatic heterocycles. The van der Waals surface area contributed by atoms with Crippen molar-refractivity contribution < 1.29 is 9.90 Å². The van der Waals surface area contributed by atoms with Gasteiger partial charge in [-0.3, -0.25) is 0 Å². The predicted octanol–water partition coefficient (Wildman–Crippen LogP) is 3.32. The van der Waals surface area contributed by atoms with Crippen LogP contribution >= 0.6 is 11.3 Å². The Morgan fingerprint density at radius 3 is 2.68 bits per heavy atom. The van der Waals surface area contributed by atoms with Crippen molar-refractivity contribution in [1.29, 1.82) is 0 Å². The SMILES string of the molecule is CC(CCc1ccc(O)cc1)NC(=O)NCCc1cccs1. The minimum absolute atomic E-state index is 0.107. The summed E-state index contributed by atoms with van der Waals surface area (Å²) in [6.07, 6.45) is 2.60. The van der Waals surface area contributed by atoms with E-state index in [1.54, 1.807) is 23.5 Å². The predicted molar refractivity (Wildman–Crippen MR) is 90.4 cm³/mol. The van der Waals surface area contributed by atoms with E-state index in [0.717, 1.165) is 24.8 Å². The molecule has 0 fully saturated rings. The summed E-state index contributed by atoms with van der Waals surface area (Å²) in [5.74, 6) is 0.278. The molecule has 1 heterocycles. The molecule has 0 aliphatic rings. The fourth-order valence-corrected chi connectivity index (χ4v) is 2.86. The highest BCUT2D eigenvalue weighted by Gasteiger charge is 2.07. The van der Waals surface area contributed by atoms with Crippen LogP contribution in [0.15, 0.2) is 41.8 Å². The molecule has 2 rings (SSSR count). The maximum atomic E-state index is 11.8. The van der Waals surface area contributed by atoms with E-state index < -0.39 is 0 Å². The first-order valence-corrected chi connectivity index (χ1v) is 8.36. The van der Waals surface area contributed by atoms with Crippen LogP contribution in [0.25, 0.3) is 0 Å². The summed E-state index contributed by atoms with van der Waals surface area (Å²) in [6, 6.07) is 11.3. The van der Waals surface area contributed by atoms with Crippen LogP contribution in [0.2, 0.25) is 0 Å². The van der Waals surface area contributed by atoms with Gasteiger partial charge in [-0.15, -0.1) is 11.3 Å². The van der Waals surface area contributed by atoms with Crippen LogP contribution in [0.3, 0.4) is 0 Å². The van der Waals surface area contributed by atoms with E-state index in [2.05, 4.69) is 16.7 Å². The molecule has 3 N–H and O–H groups in total. The van der Waals surface area contributed by atoms with Crippen LogP contribution in [-0.2, 0) is 12.8 Å². The average Bonchev–Trinajstić information content (AvgIpc) is 3.00. The molecule has 22 heavy (non-hydrogen) atoms. The van der Waals surface area contributed by atoms with Crippen LogP contribution in [0.5, 0.6) is 5.75 Å². The lowest BCUT2D eigenvalue weighted by atomic mass is 10.1. The second-order valence-electron chi connectivity index (χ2n) is 5.34. The molecule has 4 nitrogen and oxygen atoms in total. The van der Waals surface area contributed by atoms with Crippen LogP contribution in [-0.4, -0.2) is 23.7 Å². The third-order valence-corrected chi connectivity index (χ3v) is 4.35. The zero-order chi connectivity index (χ0) is 15.8. The molecule has 0 aliphatic carbocycles. The number of benzene rings is 1. The van der Waals surface area contributed by atoms with Gasteiger partial charge in [-0.2, -0.15) is 0 Å². The van der Waals surface area contributed by atoms with Gasteiger partial charge in [-0.1, -0.05) is 18.2 Å². The summed E-state index contributed by atoms with van der Waals surface area (Å²) < 4.78 is 0. The molecule has 0 spiro atoms. The van der Waals surface area contributed by atoms with Gasteiger partial charge in [0.15, 0.2) is 0 Å². The van der Waals surface area contributed by atoms with E-state index in [-0.39, 0.29) is 17.8 Å². The highest BCUT2D eigenvalue weighted by atomic mass is 32.1. The van der Waals surface area contributed by atoms with Crippen molar-refractivity contribution in [2.45, 2.75) is 32.2 Å². The van der Waals surface area contributed by atoms with Gasteiger partial charge >= 0.3 is 6.03 Å². The first-order valence-electron chi connectivity index (χ1n) is 7.48. The Hall–Kier alpha value is -2.01. The molecule has 0 bridgehead atoms. The summed E-state index contributed by atoms with van der Waals surface area (Å²) >= 11 is 1.71. The van der Waals surface area contributed by atoms with Crippen molar-refractivity contribution in [1.82, 2.24) is 10.6 Å². The molecular weight excluding hydrogens is 296 g/mol. The zero-order valence-electron chi connectivity index (χ0n) is 12.7. The molecule has 2 amide bonds. The van der Waals surface area contributed by atoms with Crippen LogP contribution in [0, 0.1) is 0 Å². The van der Waals surface area contributed by atoms with E-state index in [9.17, 15) is 9.90 Å². The lowest BCUT2D eigenvalue weighted by Gasteiger charge is -2.14. The van der Waals surface area contributed by atoms with E-state index in [4.69, 9.17) is 0 Å². The maximum absolute atomic E-state index is 11.8. The van der Waals surface area contributed by atoms with Gasteiger partial charge in [-0.25, -0.2) is 4.79 Å². The van der Waals surface area contributed by atoms with Gasteiger partial charge in [0.05, 0.1) is 0 Å². The van der Waals surface area contributed by atoms with Gasteiger partial charge in [0.25, 0.3) is 0 Å². The van der Waals surface area contributed by atoms with Crippen molar-refractivity contribution in [3.63, 3.8) is 0 Å². The number of phenols is 1. The smallest absolute Gasteiger partial charge is 0.315 e. The van der Waals surface area contributed by atoms with E-state index in [1.807, 2.05) is 30.5 Å². The van der Waals surface area contributed by atoms with E-state index in [1.165, 1.54) is 4.88 Å². The zero-order valence-corrected chi connectivity index (χ0v) is 13.5. The lowest BCUT2D eigenvalue weighted by Crippen LogP contribution is -2.41. The van der Waals surface area contributed by atoms with Crippen molar-refractivity contribution >= 4 is 17.4 Å². The highest BCUT2D eigenvalue weighted by molar-refractivity contribution is 7.09. The second-order valence-corrected chi connectivity index (χ2v) is 6.37. The number of nitrogens with one attached hydrogen (secondary N) is 2.